The van der Waals surface area contributed by atoms with Crippen LogP contribution in [-0.2, 0) is 44.7 Å². The lowest BCUT2D eigenvalue weighted by Crippen LogP contribution is -2.60. The zero-order valence-corrected chi connectivity index (χ0v) is 37.6. The molecule has 20 heteroatoms. The average Bonchev–Trinajstić information content (AvgIpc) is 3.69. The van der Waals surface area contributed by atoms with Crippen molar-refractivity contribution in [2.24, 2.45) is 23.3 Å². The van der Waals surface area contributed by atoms with E-state index in [0.29, 0.717) is 50.0 Å². The van der Waals surface area contributed by atoms with Crippen LogP contribution in [0.15, 0.2) is 24.3 Å². The van der Waals surface area contributed by atoms with Gasteiger partial charge >= 0.3 is 5.97 Å². The number of phenolic OH excluding ortho intramolecular Hbond substituents is 1. The fourth-order valence-electron chi connectivity index (χ4n) is 6.77. The third-order valence-electron chi connectivity index (χ3n) is 10.2. The summed E-state index contributed by atoms with van der Waals surface area (Å²) in [6.07, 6.45) is 1.44. The summed E-state index contributed by atoms with van der Waals surface area (Å²) in [6, 6.07) is -1.05. The summed E-state index contributed by atoms with van der Waals surface area (Å²) in [7, 11) is 0. The Morgan fingerprint density at radius 1 is 0.758 bits per heavy atom. The van der Waals surface area contributed by atoms with E-state index >= 15 is 0 Å². The minimum atomic E-state index is -1.55. The van der Waals surface area contributed by atoms with Crippen molar-refractivity contribution in [1.82, 2.24) is 31.9 Å². The van der Waals surface area contributed by atoms with Crippen molar-refractivity contribution >= 4 is 53.2 Å². The van der Waals surface area contributed by atoms with E-state index in [-0.39, 0.29) is 49.8 Å². The minimum Gasteiger partial charge on any atom is -0.508 e. The fourth-order valence-corrected chi connectivity index (χ4v) is 7.24. The number of ether oxygens (including phenoxy) is 1. The van der Waals surface area contributed by atoms with Gasteiger partial charge in [0.05, 0.1) is 18.2 Å². The third kappa shape index (κ3) is 19.3. The van der Waals surface area contributed by atoms with Gasteiger partial charge in [-0.3, -0.25) is 28.8 Å². The van der Waals surface area contributed by atoms with E-state index < -0.39 is 96.0 Å². The van der Waals surface area contributed by atoms with Crippen molar-refractivity contribution in [3.05, 3.63) is 29.8 Å². The highest BCUT2D eigenvalue weighted by Gasteiger charge is 2.37. The zero-order valence-electron chi connectivity index (χ0n) is 36.8. The number of aliphatic hydroxyl groups is 1. The number of thioether (sulfide) groups is 1. The Hall–Kier alpha value is -4.50. The molecule has 13 N–H and O–H groups in total. The van der Waals surface area contributed by atoms with Crippen molar-refractivity contribution < 1.29 is 53.6 Å². The van der Waals surface area contributed by atoms with Gasteiger partial charge < -0.3 is 63.4 Å². The topological polar surface area (TPSA) is 314 Å². The van der Waals surface area contributed by atoms with Crippen LogP contribution in [0.25, 0.3) is 0 Å². The molecule has 1 saturated heterocycles. The van der Waals surface area contributed by atoms with Gasteiger partial charge in [-0.2, -0.15) is 11.8 Å². The van der Waals surface area contributed by atoms with Crippen LogP contribution in [-0.4, -0.2) is 136 Å². The molecule has 9 atom stereocenters. The summed E-state index contributed by atoms with van der Waals surface area (Å²) in [6.45, 7) is 9.21. The quantitative estimate of drug-likeness (QED) is 0.0486. The average molecular weight is 895 g/mol. The number of phenols is 1. The summed E-state index contributed by atoms with van der Waals surface area (Å²) in [5.74, 6) is -4.59. The first-order valence-electron chi connectivity index (χ1n) is 21.3. The Morgan fingerprint density at radius 2 is 1.35 bits per heavy atom. The number of carboxylic acid groups (broad SMARTS) is 1. The smallest absolute Gasteiger partial charge is 0.326 e. The highest BCUT2D eigenvalue weighted by Crippen LogP contribution is 2.20. The van der Waals surface area contributed by atoms with Crippen molar-refractivity contribution in [2.45, 2.75) is 147 Å². The summed E-state index contributed by atoms with van der Waals surface area (Å²) >= 11 is 1.52. The number of aliphatic carboxylic acids is 1. The number of rotatable bonds is 28. The van der Waals surface area contributed by atoms with Gasteiger partial charge in [0.15, 0.2) is 0 Å². The van der Waals surface area contributed by atoms with Crippen LogP contribution in [0.4, 0.5) is 0 Å². The van der Waals surface area contributed by atoms with Crippen molar-refractivity contribution in [2.75, 3.05) is 25.1 Å². The maximum absolute atomic E-state index is 13.9. The van der Waals surface area contributed by atoms with Crippen molar-refractivity contribution in [3.63, 3.8) is 0 Å². The number of aromatic hydroxyl groups is 1. The predicted molar refractivity (Wildman–Crippen MR) is 234 cm³/mol. The number of benzene rings is 1. The SMILES string of the molecule is CSCC[C@H](NC(=O)[C@@H](N)CC(C)C)C(=O)NC[C@@H]1CC[C@H](C(=O)N[C@H](C(=O)N[C@@H](Cc2ccc(O)cc2)C(=O)N[C@@H](CC(C)C)C(=O)N[C@@H](CCCCN)C(=O)O)[C@@H](C)O)O1. The highest BCUT2D eigenvalue weighted by molar-refractivity contribution is 7.98. The maximum Gasteiger partial charge on any atom is 0.326 e. The van der Waals surface area contributed by atoms with Crippen LogP contribution >= 0.6 is 11.8 Å². The molecular formula is C42H70N8O11S. The monoisotopic (exact) mass is 894 g/mol. The standard InChI is InChI=1S/C42H70N8O11S/c1-23(2)19-29(44)36(53)46-30(16-18-62-6)37(54)45-22-28-14-15-34(61-28)40(57)50-35(25(5)51)41(58)49-33(21-26-10-12-27(52)13-11-26)39(56)48-32(20-24(3)4)38(55)47-31(42(59)60)9-7-8-17-43/h10-13,23-25,28-35,51-52H,7-9,14-22,43-44H2,1-6H3,(H,45,54)(H,46,53)(H,47,55)(H,48,56)(H,49,58)(H,50,57)(H,59,60)/t25-,28+,29+,30+,31+,32+,33+,34-,35+/m1/s1. The van der Waals surface area contributed by atoms with E-state index in [1.807, 2.05) is 34.0 Å². The van der Waals surface area contributed by atoms with E-state index in [2.05, 4.69) is 31.9 Å². The Labute approximate surface area is 368 Å². The first kappa shape index (κ1) is 53.6. The maximum atomic E-state index is 13.9. The van der Waals surface area contributed by atoms with Crippen LogP contribution in [0.3, 0.4) is 0 Å². The van der Waals surface area contributed by atoms with Crippen LogP contribution in [0.2, 0.25) is 0 Å². The van der Waals surface area contributed by atoms with Crippen LogP contribution < -0.4 is 43.4 Å². The molecule has 1 aliphatic heterocycles. The zero-order chi connectivity index (χ0) is 46.5. The first-order chi connectivity index (χ1) is 29.2. The lowest BCUT2D eigenvalue weighted by molar-refractivity contribution is -0.142. The molecule has 2 rings (SSSR count). The van der Waals surface area contributed by atoms with E-state index in [1.165, 1.54) is 43.0 Å². The minimum absolute atomic E-state index is 0.0379. The van der Waals surface area contributed by atoms with E-state index in [4.69, 9.17) is 16.2 Å². The van der Waals surface area contributed by atoms with Gasteiger partial charge in [-0.1, -0.05) is 39.8 Å². The number of carbonyl (C=O) groups excluding carboxylic acids is 6. The van der Waals surface area contributed by atoms with Gasteiger partial charge in [0.25, 0.3) is 0 Å². The third-order valence-corrected chi connectivity index (χ3v) is 10.8. The molecule has 1 aliphatic rings. The molecule has 62 heavy (non-hydrogen) atoms. The summed E-state index contributed by atoms with van der Waals surface area (Å²) < 4.78 is 5.92. The number of carbonyl (C=O) groups is 7. The fraction of sp³-hybridized carbons (Fsp3) is 0.690. The molecule has 0 aromatic heterocycles. The Kier molecular flexibility index (Phi) is 23.8. The van der Waals surface area contributed by atoms with Crippen LogP contribution in [0.1, 0.15) is 91.5 Å². The Bertz CT molecular complexity index is 1620. The molecule has 350 valence electrons. The van der Waals surface area contributed by atoms with Gasteiger partial charge in [0, 0.05) is 13.0 Å². The van der Waals surface area contributed by atoms with Gasteiger partial charge in [0.2, 0.25) is 35.4 Å². The molecule has 1 heterocycles. The summed E-state index contributed by atoms with van der Waals surface area (Å²) in [5.41, 5.74) is 12.1. The van der Waals surface area contributed by atoms with Gasteiger partial charge in [-0.05, 0) is 106 Å². The van der Waals surface area contributed by atoms with Gasteiger partial charge in [-0.25, -0.2) is 4.79 Å². The summed E-state index contributed by atoms with van der Waals surface area (Å²) in [5, 5.41) is 46.1. The van der Waals surface area contributed by atoms with E-state index in [1.54, 1.807) is 0 Å². The second-order valence-electron chi connectivity index (χ2n) is 16.7. The van der Waals surface area contributed by atoms with Crippen molar-refractivity contribution in [1.29, 1.82) is 0 Å². The molecule has 19 nitrogen and oxygen atoms in total. The van der Waals surface area contributed by atoms with Crippen LogP contribution in [0, 0.1) is 11.8 Å². The molecule has 1 aromatic rings. The number of hydrogen-bond acceptors (Lipinski definition) is 13. The Morgan fingerprint density at radius 3 is 1.94 bits per heavy atom. The lowest BCUT2D eigenvalue weighted by atomic mass is 10.00. The number of carboxylic acids is 1. The van der Waals surface area contributed by atoms with Crippen molar-refractivity contribution in [3.8, 4) is 5.75 Å². The second kappa shape index (κ2) is 27.5. The molecule has 0 saturated carbocycles. The molecule has 0 radical (unpaired) electrons. The molecule has 0 unspecified atom stereocenters. The van der Waals surface area contributed by atoms with Gasteiger partial charge in [-0.15, -0.1) is 0 Å². The number of amides is 6. The molecular weight excluding hydrogens is 825 g/mol. The molecule has 0 bridgehead atoms. The number of unbranched alkanes of at least 4 members (excludes halogenated alkanes) is 1. The molecule has 6 amide bonds. The second-order valence-corrected chi connectivity index (χ2v) is 17.7. The molecule has 0 aliphatic carbocycles. The number of hydrogen-bond donors (Lipinski definition) is 11. The van der Waals surface area contributed by atoms with Gasteiger partial charge in [0.1, 0.15) is 42.1 Å². The number of nitrogens with one attached hydrogen (secondary N) is 6. The first-order valence-corrected chi connectivity index (χ1v) is 22.7. The highest BCUT2D eigenvalue weighted by atomic mass is 32.2. The summed E-state index contributed by atoms with van der Waals surface area (Å²) in [4.78, 5) is 92.4. The number of nitrogens with two attached hydrogens (primary N) is 2. The van der Waals surface area contributed by atoms with Crippen LogP contribution in [0.5, 0.6) is 5.75 Å². The largest absolute Gasteiger partial charge is 0.508 e. The van der Waals surface area contributed by atoms with E-state index in [9.17, 15) is 48.9 Å². The predicted octanol–water partition coefficient (Wildman–Crippen LogP) is -0.210. The molecule has 1 fully saturated rings. The normalized spacial score (nSPS) is 18.4. The molecule has 0 spiro atoms. The lowest BCUT2D eigenvalue weighted by Gasteiger charge is -2.28. The molecule has 1 aromatic carbocycles. The number of aliphatic hydroxyl groups excluding tert-OH is 1. The van der Waals surface area contributed by atoms with E-state index in [0.717, 1.165) is 0 Å². The Balaban J connectivity index is 2.17.